The molecule has 18 nitrogen and oxygen atoms in total. The molecule has 17 N–H and O–H groups in total. The van der Waals surface area contributed by atoms with Crippen molar-refractivity contribution in [3.8, 4) is 0 Å². The molecule has 3 rings (SSSR count). The van der Waals surface area contributed by atoms with Gasteiger partial charge in [-0.2, -0.15) is 31.4 Å². The molecule has 0 bridgehead atoms. The number of thioether (sulfide) groups is 2. The molecule has 0 aliphatic carbocycles. The summed E-state index contributed by atoms with van der Waals surface area (Å²) in [6.07, 6.45) is -8.58. The number of rotatable bonds is 22. The number of guanidine groups is 2. The number of nitrogens with two attached hydrogens (primary N) is 4. The summed E-state index contributed by atoms with van der Waals surface area (Å²) in [7, 11) is 0. The van der Waals surface area contributed by atoms with Gasteiger partial charge in [0.25, 0.3) is 11.8 Å². The predicted molar refractivity (Wildman–Crippen MR) is 222 cm³/mol. The van der Waals surface area contributed by atoms with Crippen molar-refractivity contribution in [2.24, 2.45) is 22.9 Å². The zero-order chi connectivity index (χ0) is 45.3. The van der Waals surface area contributed by atoms with Crippen LogP contribution in [0, 0.1) is 10.8 Å². The zero-order valence-corrected chi connectivity index (χ0v) is 34.0. The average molecular weight is 905 g/mol. The molecule has 0 unspecified atom stereocenters. The highest BCUT2D eigenvalue weighted by atomic mass is 32.2. The summed E-state index contributed by atoms with van der Waals surface area (Å²) < 4.78 is 84.5. The second-order valence-corrected chi connectivity index (χ2v) is 15.0. The zero-order valence-electron chi connectivity index (χ0n) is 32.3. The molecule has 0 radical (unpaired) electrons. The van der Waals surface area contributed by atoms with Gasteiger partial charge in [0.05, 0.1) is 43.7 Å². The maximum atomic E-state index is 14.1. The average Bonchev–Trinajstić information content (AvgIpc) is 3.67. The summed E-state index contributed by atoms with van der Waals surface area (Å²) in [5, 5.41) is 35.2. The molecule has 1 heterocycles. The number of hydrogen-bond acceptors (Lipinski definition) is 11. The second kappa shape index (κ2) is 23.3. The van der Waals surface area contributed by atoms with Gasteiger partial charge in [0.2, 0.25) is 11.8 Å². The van der Waals surface area contributed by atoms with Gasteiger partial charge in [-0.3, -0.25) is 35.1 Å². The van der Waals surface area contributed by atoms with Crippen molar-refractivity contribution in [3.05, 3.63) is 52.8 Å². The van der Waals surface area contributed by atoms with E-state index in [2.05, 4.69) is 42.1 Å². The Labute approximate surface area is 353 Å². The fourth-order valence-corrected chi connectivity index (χ4v) is 6.92. The van der Waals surface area contributed by atoms with Crippen molar-refractivity contribution in [1.29, 1.82) is 10.8 Å². The van der Waals surface area contributed by atoms with Crippen molar-refractivity contribution in [2.75, 3.05) is 59.0 Å². The molecule has 0 aliphatic heterocycles. The smallest absolute Gasteiger partial charge is 0.370 e. The minimum atomic E-state index is -4.92. The van der Waals surface area contributed by atoms with Gasteiger partial charge >= 0.3 is 12.4 Å². The van der Waals surface area contributed by atoms with E-state index < -0.39 is 58.5 Å². The number of H-pyrrole nitrogens is 1. The van der Waals surface area contributed by atoms with E-state index in [1.807, 2.05) is 0 Å². The highest BCUT2D eigenvalue weighted by molar-refractivity contribution is 7.99. The van der Waals surface area contributed by atoms with Gasteiger partial charge in [0.1, 0.15) is 5.69 Å². The lowest BCUT2D eigenvalue weighted by atomic mass is 10.1. The van der Waals surface area contributed by atoms with E-state index >= 15 is 0 Å². The summed E-state index contributed by atoms with van der Waals surface area (Å²) in [6, 6.07) is 3.64. The third-order valence-corrected chi connectivity index (χ3v) is 10.3. The van der Waals surface area contributed by atoms with Crippen molar-refractivity contribution in [1.82, 2.24) is 20.8 Å². The minimum absolute atomic E-state index is 0.0341. The summed E-state index contributed by atoms with van der Waals surface area (Å²) in [5.74, 6) is -3.63. The summed E-state index contributed by atoms with van der Waals surface area (Å²) in [6.45, 7) is 0.729. The number of halogens is 6. The van der Waals surface area contributed by atoms with E-state index in [0.717, 1.165) is 29.6 Å². The van der Waals surface area contributed by atoms with Gasteiger partial charge in [-0.05, 0) is 49.9 Å². The Morgan fingerprint density at radius 3 is 1.39 bits per heavy atom. The largest absolute Gasteiger partial charge is 0.416 e. The van der Waals surface area contributed by atoms with Crippen LogP contribution >= 0.6 is 23.5 Å². The van der Waals surface area contributed by atoms with Crippen LogP contribution in [-0.4, -0.2) is 83.4 Å². The first-order valence-corrected chi connectivity index (χ1v) is 20.3. The number of nitrogens with zero attached hydrogens (tertiary/aromatic N) is 1. The lowest BCUT2D eigenvalue weighted by molar-refractivity contribution is -0.138. The quantitative estimate of drug-likeness (QED) is 0.0221. The predicted octanol–water partition coefficient (Wildman–Crippen LogP) is 4.24. The molecule has 2 aromatic carbocycles. The first kappa shape index (κ1) is 49.6. The molecule has 0 spiro atoms. The molecule has 0 saturated heterocycles. The van der Waals surface area contributed by atoms with Crippen molar-refractivity contribution >= 4 is 81.8 Å². The van der Waals surface area contributed by atoms with Crippen LogP contribution in [0.1, 0.15) is 70.6 Å². The third kappa shape index (κ3) is 16.3. The first-order valence-electron chi connectivity index (χ1n) is 18.3. The van der Waals surface area contributed by atoms with Crippen molar-refractivity contribution in [2.45, 2.75) is 60.7 Å². The monoisotopic (exact) mass is 904 g/mol. The molecule has 0 atom stereocenters. The number of carbonyl (C=O) groups is 4. The maximum absolute atomic E-state index is 14.1. The van der Waals surface area contributed by atoms with Gasteiger partial charge in [-0.15, -0.1) is 23.5 Å². The molecule has 0 fully saturated rings. The normalized spacial score (nSPS) is 11.4. The minimum Gasteiger partial charge on any atom is -0.370 e. The standard InChI is InChI=1S/C35H46F6N14O4S2/c36-34(37,38)18-13-20(50-26(56)5-1-3-9-48-32(44)45)28(60-11-7-42)22(15-18)52-30(58)24-17-25(55-54-24)31(59)53-23-16-19(35(39,40)41)14-21(29(23)61-12-8-43)51-27(57)6-2-4-10-49-33(46)47/h13-17H,1-12,42-43H2,(H,50,56)(H,51,57)(H,52,58)(H,53,59)(H,54,55)(H4,44,45,48)(H4,46,47,49). The lowest BCUT2D eigenvalue weighted by Gasteiger charge is -2.19. The number of alkyl halides is 6. The Hall–Kier alpha value is -5.73. The molecule has 0 aliphatic rings. The number of anilines is 4. The lowest BCUT2D eigenvalue weighted by Crippen LogP contribution is -2.31. The van der Waals surface area contributed by atoms with Crippen LogP contribution in [0.5, 0.6) is 0 Å². The van der Waals surface area contributed by atoms with Crippen LogP contribution in [0.3, 0.4) is 0 Å². The van der Waals surface area contributed by atoms with E-state index in [4.69, 9.17) is 33.8 Å². The number of hydrogen-bond donors (Lipinski definition) is 13. The highest BCUT2D eigenvalue weighted by Gasteiger charge is 2.34. The Morgan fingerprint density at radius 2 is 1.02 bits per heavy atom. The number of unbranched alkanes of at least 4 members (excludes halogenated alkanes) is 2. The van der Waals surface area contributed by atoms with Gasteiger partial charge in [-0.1, -0.05) is 0 Å². The van der Waals surface area contributed by atoms with Crippen LogP contribution in [0.2, 0.25) is 0 Å². The van der Waals surface area contributed by atoms with Crippen LogP contribution < -0.4 is 54.8 Å². The molecule has 0 saturated carbocycles. The molecule has 4 amide bonds. The number of carbonyl (C=O) groups excluding carboxylic acids is 4. The topological polar surface area (TPSA) is 321 Å². The first-order chi connectivity index (χ1) is 28.7. The van der Waals surface area contributed by atoms with E-state index in [1.165, 1.54) is 0 Å². The van der Waals surface area contributed by atoms with E-state index in [9.17, 15) is 45.5 Å². The Kier molecular flexibility index (Phi) is 19.0. The molecular formula is C35H46F6N14O4S2. The fraction of sp³-hybridized carbons (Fsp3) is 0.400. The van der Waals surface area contributed by atoms with E-state index in [0.29, 0.717) is 63.0 Å². The fourth-order valence-electron chi connectivity index (χ4n) is 5.21. The highest BCUT2D eigenvalue weighted by Crippen LogP contribution is 2.43. The number of nitrogens with one attached hydrogen (secondary N) is 9. The van der Waals surface area contributed by atoms with Gasteiger partial charge in [0, 0.05) is 56.6 Å². The molecular weight excluding hydrogens is 859 g/mol. The molecule has 3 aromatic rings. The van der Waals surface area contributed by atoms with Crippen LogP contribution in [0.4, 0.5) is 49.1 Å². The summed E-state index contributed by atoms with van der Waals surface area (Å²) in [5.41, 5.74) is 17.1. The second-order valence-electron chi connectivity index (χ2n) is 12.8. The van der Waals surface area contributed by atoms with Crippen LogP contribution in [0.25, 0.3) is 0 Å². The number of aromatic nitrogens is 2. The van der Waals surface area contributed by atoms with Crippen molar-refractivity contribution < 1.29 is 45.5 Å². The molecule has 61 heavy (non-hydrogen) atoms. The van der Waals surface area contributed by atoms with E-state index in [1.54, 1.807) is 0 Å². The van der Waals surface area contributed by atoms with E-state index in [-0.39, 0.29) is 81.9 Å². The van der Waals surface area contributed by atoms with Crippen LogP contribution in [-0.2, 0) is 21.9 Å². The maximum Gasteiger partial charge on any atom is 0.416 e. The van der Waals surface area contributed by atoms with Crippen molar-refractivity contribution in [3.63, 3.8) is 0 Å². The Bertz CT molecular complexity index is 1910. The Balaban J connectivity index is 1.90. The van der Waals surface area contributed by atoms with Gasteiger partial charge < -0.3 is 54.8 Å². The Morgan fingerprint density at radius 1 is 0.623 bits per heavy atom. The van der Waals surface area contributed by atoms with Gasteiger partial charge in [-0.25, -0.2) is 0 Å². The number of amides is 4. The third-order valence-electron chi connectivity index (χ3n) is 7.95. The number of benzene rings is 2. The summed E-state index contributed by atoms with van der Waals surface area (Å²) >= 11 is 1.90. The SMILES string of the molecule is N=C(N)NCCCCC(=O)Nc1cc(C(F)(F)F)cc(NC(=O)c2cc(C(=O)Nc3cc(C(F)(F)F)cc(NC(=O)CCCCNC(=N)N)c3SCCN)[nH]n2)c1SCCN. The number of aromatic amines is 1. The van der Waals surface area contributed by atoms with Crippen LogP contribution in [0.15, 0.2) is 40.1 Å². The molecule has 1 aromatic heterocycles. The summed E-state index contributed by atoms with van der Waals surface area (Å²) in [4.78, 5) is 52.5. The molecule has 26 heteroatoms. The van der Waals surface area contributed by atoms with Gasteiger partial charge in [0.15, 0.2) is 17.6 Å². The molecule has 334 valence electrons.